The van der Waals surface area contributed by atoms with E-state index in [1.54, 1.807) is 11.9 Å². The van der Waals surface area contributed by atoms with E-state index in [-0.39, 0.29) is 0 Å². The van der Waals surface area contributed by atoms with Crippen LogP contribution in [0.1, 0.15) is 5.56 Å². The number of nitrogens with one attached hydrogen (secondary N) is 1. The lowest BCUT2D eigenvalue weighted by molar-refractivity contribution is -0.116. The molecule has 0 atom stereocenters. The Bertz CT molecular complexity index is 390. The SMILES string of the molecule is C=C(NCCN(C)C=O)OCc1ccc(N)cc1. The molecule has 1 rings (SSSR count). The number of nitrogens with two attached hydrogens (primary N) is 1. The molecule has 1 aromatic carbocycles. The van der Waals surface area contributed by atoms with Crippen molar-refractivity contribution in [3.05, 3.63) is 42.3 Å². The van der Waals surface area contributed by atoms with E-state index >= 15 is 0 Å². The number of hydrogen-bond acceptors (Lipinski definition) is 4. The molecule has 1 amide bonds. The third-order valence-corrected chi connectivity index (χ3v) is 2.36. The number of ether oxygens (including phenoxy) is 1. The first-order chi connectivity index (χ1) is 8.61. The molecule has 0 aromatic heterocycles. The van der Waals surface area contributed by atoms with E-state index in [0.717, 1.165) is 17.7 Å². The minimum Gasteiger partial charge on any atom is -0.475 e. The van der Waals surface area contributed by atoms with Gasteiger partial charge in [0.25, 0.3) is 0 Å². The van der Waals surface area contributed by atoms with Crippen molar-refractivity contribution in [1.82, 2.24) is 10.2 Å². The van der Waals surface area contributed by atoms with Gasteiger partial charge in [-0.25, -0.2) is 0 Å². The predicted octanol–water partition coefficient (Wildman–Crippen LogP) is 0.934. The van der Waals surface area contributed by atoms with Crippen molar-refractivity contribution in [3.8, 4) is 0 Å². The number of rotatable bonds is 8. The van der Waals surface area contributed by atoms with Gasteiger partial charge in [0.2, 0.25) is 6.41 Å². The first-order valence-corrected chi connectivity index (χ1v) is 5.67. The highest BCUT2D eigenvalue weighted by molar-refractivity contribution is 5.46. The summed E-state index contributed by atoms with van der Waals surface area (Å²) in [5.41, 5.74) is 7.34. The van der Waals surface area contributed by atoms with Crippen molar-refractivity contribution in [1.29, 1.82) is 0 Å². The largest absolute Gasteiger partial charge is 0.475 e. The zero-order valence-electron chi connectivity index (χ0n) is 10.6. The zero-order chi connectivity index (χ0) is 13.4. The molecule has 0 aliphatic heterocycles. The number of amides is 1. The number of nitrogens with zero attached hydrogens (tertiary/aromatic N) is 1. The molecule has 0 fully saturated rings. The summed E-state index contributed by atoms with van der Waals surface area (Å²) in [5, 5.41) is 2.99. The summed E-state index contributed by atoms with van der Waals surface area (Å²) in [6.07, 6.45) is 0.777. The molecule has 3 N–H and O–H groups in total. The molecule has 5 nitrogen and oxygen atoms in total. The number of carbonyl (C=O) groups excluding carboxylic acids is 1. The Hall–Kier alpha value is -2.17. The molecule has 0 radical (unpaired) electrons. The maximum absolute atomic E-state index is 10.4. The van der Waals surface area contributed by atoms with Crippen LogP contribution in [0.5, 0.6) is 0 Å². The van der Waals surface area contributed by atoms with E-state index in [2.05, 4.69) is 11.9 Å². The lowest BCUT2D eigenvalue weighted by atomic mass is 10.2. The molecule has 0 saturated heterocycles. The summed E-state index contributed by atoms with van der Waals surface area (Å²) >= 11 is 0. The van der Waals surface area contributed by atoms with Crippen LogP contribution in [0.4, 0.5) is 5.69 Å². The van der Waals surface area contributed by atoms with Gasteiger partial charge in [0, 0.05) is 25.8 Å². The maximum atomic E-state index is 10.4. The van der Waals surface area contributed by atoms with E-state index in [1.807, 2.05) is 24.3 Å². The number of carbonyl (C=O) groups is 1. The molecule has 0 bridgehead atoms. The molecule has 0 unspecified atom stereocenters. The van der Waals surface area contributed by atoms with Gasteiger partial charge in [-0.2, -0.15) is 0 Å². The Labute approximate surface area is 107 Å². The van der Waals surface area contributed by atoms with Gasteiger partial charge in [-0.3, -0.25) is 4.79 Å². The molecule has 0 saturated carbocycles. The van der Waals surface area contributed by atoms with Crippen LogP contribution < -0.4 is 11.1 Å². The van der Waals surface area contributed by atoms with Gasteiger partial charge in [0.1, 0.15) is 6.61 Å². The number of benzene rings is 1. The monoisotopic (exact) mass is 249 g/mol. The minimum absolute atomic E-state index is 0.440. The van der Waals surface area contributed by atoms with E-state index in [0.29, 0.717) is 25.6 Å². The van der Waals surface area contributed by atoms with Crippen LogP contribution in [-0.2, 0) is 16.1 Å². The topological polar surface area (TPSA) is 67.6 Å². The number of likely N-dealkylation sites (N-methyl/N-ethyl adjacent to an activating group) is 1. The van der Waals surface area contributed by atoms with Gasteiger partial charge < -0.3 is 20.7 Å². The minimum atomic E-state index is 0.440. The summed E-state index contributed by atoms with van der Waals surface area (Å²) in [6.45, 7) is 5.40. The van der Waals surface area contributed by atoms with Gasteiger partial charge in [-0.1, -0.05) is 12.1 Å². The van der Waals surface area contributed by atoms with Crippen LogP contribution in [0, 0.1) is 0 Å². The normalized spacial score (nSPS) is 9.61. The van der Waals surface area contributed by atoms with Gasteiger partial charge >= 0.3 is 0 Å². The molecule has 98 valence electrons. The van der Waals surface area contributed by atoms with E-state index in [9.17, 15) is 4.79 Å². The molecule has 0 heterocycles. The Morgan fingerprint density at radius 2 is 2.17 bits per heavy atom. The first-order valence-electron chi connectivity index (χ1n) is 5.67. The van der Waals surface area contributed by atoms with E-state index in [1.165, 1.54) is 0 Å². The van der Waals surface area contributed by atoms with Crippen molar-refractivity contribution in [2.75, 3.05) is 25.9 Å². The van der Waals surface area contributed by atoms with Crippen molar-refractivity contribution in [3.63, 3.8) is 0 Å². The zero-order valence-corrected chi connectivity index (χ0v) is 10.6. The summed E-state index contributed by atoms with van der Waals surface area (Å²) in [6, 6.07) is 7.47. The second kappa shape index (κ2) is 7.21. The smallest absolute Gasteiger partial charge is 0.209 e. The molecular weight excluding hydrogens is 230 g/mol. The van der Waals surface area contributed by atoms with Crippen LogP contribution in [-0.4, -0.2) is 31.4 Å². The highest BCUT2D eigenvalue weighted by Crippen LogP contribution is 2.07. The Morgan fingerprint density at radius 3 is 2.78 bits per heavy atom. The van der Waals surface area contributed by atoms with Gasteiger partial charge in [0.05, 0.1) is 0 Å². The van der Waals surface area contributed by atoms with E-state index in [4.69, 9.17) is 10.5 Å². The summed E-state index contributed by atoms with van der Waals surface area (Å²) < 4.78 is 5.43. The predicted molar refractivity (Wildman–Crippen MR) is 71.5 cm³/mol. The summed E-state index contributed by atoms with van der Waals surface area (Å²) in [4.78, 5) is 11.9. The fourth-order valence-electron chi connectivity index (χ4n) is 1.26. The average molecular weight is 249 g/mol. The number of anilines is 1. The fraction of sp³-hybridized carbons (Fsp3) is 0.308. The Kier molecular flexibility index (Phi) is 5.57. The summed E-state index contributed by atoms with van der Waals surface area (Å²) in [7, 11) is 1.71. The number of hydrogen-bond donors (Lipinski definition) is 2. The first kappa shape index (κ1) is 13.9. The van der Waals surface area contributed by atoms with Crippen molar-refractivity contribution < 1.29 is 9.53 Å². The van der Waals surface area contributed by atoms with Crippen LogP contribution in [0.15, 0.2) is 36.7 Å². The standard InChI is InChI=1S/C13H19N3O2/c1-11(15-7-8-16(2)10-17)18-9-12-3-5-13(14)6-4-12/h3-6,10,15H,1,7-9,14H2,2H3. The third kappa shape index (κ3) is 5.25. The van der Waals surface area contributed by atoms with Crippen LogP contribution in [0.3, 0.4) is 0 Å². The molecule has 18 heavy (non-hydrogen) atoms. The second-order valence-corrected chi connectivity index (χ2v) is 3.97. The molecule has 0 aliphatic rings. The van der Waals surface area contributed by atoms with E-state index < -0.39 is 0 Å². The number of nitrogen functional groups attached to an aromatic ring is 1. The van der Waals surface area contributed by atoms with Gasteiger partial charge in [-0.15, -0.1) is 0 Å². The molecule has 0 spiro atoms. The van der Waals surface area contributed by atoms with Gasteiger partial charge in [-0.05, 0) is 24.3 Å². The average Bonchev–Trinajstić information content (AvgIpc) is 2.38. The molecule has 1 aromatic rings. The summed E-state index contributed by atoms with van der Waals surface area (Å²) in [5.74, 6) is 0.492. The molecule has 5 heteroatoms. The Morgan fingerprint density at radius 1 is 1.50 bits per heavy atom. The lowest BCUT2D eigenvalue weighted by Crippen LogP contribution is -2.28. The quantitative estimate of drug-likeness (QED) is 0.409. The van der Waals surface area contributed by atoms with Crippen LogP contribution in [0.2, 0.25) is 0 Å². The lowest BCUT2D eigenvalue weighted by Gasteiger charge is -2.14. The Balaban J connectivity index is 2.20. The third-order valence-electron chi connectivity index (χ3n) is 2.36. The van der Waals surface area contributed by atoms with Crippen molar-refractivity contribution >= 4 is 12.1 Å². The fourth-order valence-corrected chi connectivity index (χ4v) is 1.26. The van der Waals surface area contributed by atoms with Crippen molar-refractivity contribution in [2.45, 2.75) is 6.61 Å². The molecule has 0 aliphatic carbocycles. The van der Waals surface area contributed by atoms with Crippen LogP contribution in [0.25, 0.3) is 0 Å². The van der Waals surface area contributed by atoms with Crippen LogP contribution >= 0.6 is 0 Å². The molecular formula is C13H19N3O2. The highest BCUT2D eigenvalue weighted by atomic mass is 16.5. The van der Waals surface area contributed by atoms with Crippen molar-refractivity contribution in [2.24, 2.45) is 0 Å². The highest BCUT2D eigenvalue weighted by Gasteiger charge is 1.98. The van der Waals surface area contributed by atoms with Gasteiger partial charge in [0.15, 0.2) is 5.88 Å². The maximum Gasteiger partial charge on any atom is 0.209 e. The second-order valence-electron chi connectivity index (χ2n) is 3.97.